The Morgan fingerprint density at radius 2 is 2.25 bits per heavy atom. The zero-order valence-corrected chi connectivity index (χ0v) is 11.8. The van der Waals surface area contributed by atoms with Crippen molar-refractivity contribution in [1.82, 2.24) is 10.2 Å². The lowest BCUT2D eigenvalue weighted by atomic mass is 10.1. The van der Waals surface area contributed by atoms with Crippen molar-refractivity contribution in [2.24, 2.45) is 0 Å². The monoisotopic (exact) mass is 278 g/mol. The summed E-state index contributed by atoms with van der Waals surface area (Å²) in [6.45, 7) is 2.95. The number of halogens is 1. The molecule has 0 amide bonds. The van der Waals surface area contributed by atoms with Crippen LogP contribution in [0.2, 0.25) is 0 Å². The van der Waals surface area contributed by atoms with Crippen LogP contribution in [-0.2, 0) is 6.42 Å². The Bertz CT molecular complexity index is 460. The van der Waals surface area contributed by atoms with Gasteiger partial charge in [-0.1, -0.05) is 6.07 Å². The molecule has 1 fully saturated rings. The molecular formula is C16H23FN2O. The topological polar surface area (TPSA) is 35.5 Å². The second-order valence-corrected chi connectivity index (χ2v) is 5.91. The summed E-state index contributed by atoms with van der Waals surface area (Å²) in [6, 6.07) is 6.02. The fourth-order valence-corrected chi connectivity index (χ4v) is 3.64. The molecule has 0 radical (unpaired) electrons. The van der Waals surface area contributed by atoms with E-state index in [1.165, 1.54) is 18.4 Å². The maximum Gasteiger partial charge on any atom is 0.123 e. The van der Waals surface area contributed by atoms with Crippen LogP contribution in [0.15, 0.2) is 18.2 Å². The Kier molecular flexibility index (Phi) is 4.34. The van der Waals surface area contributed by atoms with E-state index in [0.29, 0.717) is 18.6 Å². The molecule has 0 saturated carbocycles. The summed E-state index contributed by atoms with van der Waals surface area (Å²) in [5, 5.41) is 12.9. The molecule has 0 spiro atoms. The van der Waals surface area contributed by atoms with Crippen LogP contribution in [0.5, 0.6) is 0 Å². The maximum atomic E-state index is 13.3. The van der Waals surface area contributed by atoms with Gasteiger partial charge in [-0.3, -0.25) is 4.90 Å². The Hall–Kier alpha value is -0.970. The smallest absolute Gasteiger partial charge is 0.123 e. The summed E-state index contributed by atoms with van der Waals surface area (Å²) in [5.74, 6) is -0.143. The third kappa shape index (κ3) is 2.87. The van der Waals surface area contributed by atoms with Crippen LogP contribution in [-0.4, -0.2) is 42.3 Å². The molecule has 110 valence electrons. The SMILES string of the molecule is OCCN(CC1CCCN1)C1CCc2cc(F)ccc21. The summed E-state index contributed by atoms with van der Waals surface area (Å²) in [7, 11) is 0. The first-order valence-corrected chi connectivity index (χ1v) is 7.64. The molecule has 2 N–H and O–H groups in total. The van der Waals surface area contributed by atoms with Crippen LogP contribution >= 0.6 is 0 Å². The zero-order valence-electron chi connectivity index (χ0n) is 11.8. The van der Waals surface area contributed by atoms with Crippen molar-refractivity contribution >= 4 is 0 Å². The van der Waals surface area contributed by atoms with E-state index in [1.54, 1.807) is 12.1 Å². The van der Waals surface area contributed by atoms with Gasteiger partial charge in [0.25, 0.3) is 0 Å². The van der Waals surface area contributed by atoms with E-state index in [2.05, 4.69) is 10.2 Å². The summed E-state index contributed by atoms with van der Waals surface area (Å²) in [5.41, 5.74) is 2.38. The average Bonchev–Trinajstić information content (AvgIpc) is 3.06. The predicted molar refractivity (Wildman–Crippen MR) is 77.1 cm³/mol. The number of nitrogens with one attached hydrogen (secondary N) is 1. The highest BCUT2D eigenvalue weighted by Gasteiger charge is 2.30. The summed E-state index contributed by atoms with van der Waals surface area (Å²) in [6.07, 6.45) is 4.43. The number of aryl methyl sites for hydroxylation is 1. The molecule has 0 aromatic heterocycles. The third-order valence-electron chi connectivity index (χ3n) is 4.60. The third-order valence-corrected chi connectivity index (χ3v) is 4.60. The number of fused-ring (bicyclic) bond motifs is 1. The highest BCUT2D eigenvalue weighted by Crippen LogP contribution is 2.36. The van der Waals surface area contributed by atoms with Crippen LogP contribution in [0.1, 0.15) is 36.4 Å². The molecular weight excluding hydrogens is 255 g/mol. The summed E-state index contributed by atoms with van der Waals surface area (Å²) < 4.78 is 13.3. The highest BCUT2D eigenvalue weighted by atomic mass is 19.1. The first kappa shape index (κ1) is 14.0. The number of aliphatic hydroxyl groups excluding tert-OH is 1. The van der Waals surface area contributed by atoms with E-state index in [-0.39, 0.29) is 12.4 Å². The standard InChI is InChI=1S/C16H23FN2O/c17-13-4-5-15-12(10-13)3-6-16(15)19(8-9-20)11-14-2-1-7-18-14/h4-5,10,14,16,18,20H,1-3,6-9,11H2. The molecule has 2 atom stereocenters. The lowest BCUT2D eigenvalue weighted by molar-refractivity contribution is 0.139. The first-order valence-electron chi connectivity index (χ1n) is 7.64. The summed E-state index contributed by atoms with van der Waals surface area (Å²) >= 11 is 0. The molecule has 20 heavy (non-hydrogen) atoms. The molecule has 2 unspecified atom stereocenters. The largest absolute Gasteiger partial charge is 0.395 e. The minimum atomic E-state index is -0.143. The van der Waals surface area contributed by atoms with Crippen LogP contribution < -0.4 is 5.32 Å². The molecule has 4 heteroatoms. The quantitative estimate of drug-likeness (QED) is 0.863. The van der Waals surface area contributed by atoms with Crippen LogP contribution in [0.25, 0.3) is 0 Å². The molecule has 1 aliphatic heterocycles. The fraction of sp³-hybridized carbons (Fsp3) is 0.625. The Morgan fingerprint density at radius 3 is 3.00 bits per heavy atom. The summed E-state index contributed by atoms with van der Waals surface area (Å²) in [4.78, 5) is 2.37. The number of hydrogen-bond acceptors (Lipinski definition) is 3. The van der Waals surface area contributed by atoms with Gasteiger partial charge in [-0.2, -0.15) is 0 Å². The number of aliphatic hydroxyl groups is 1. The number of hydrogen-bond donors (Lipinski definition) is 2. The molecule has 3 nitrogen and oxygen atoms in total. The fourth-order valence-electron chi connectivity index (χ4n) is 3.64. The van der Waals surface area contributed by atoms with E-state index in [4.69, 9.17) is 0 Å². The van der Waals surface area contributed by atoms with Crippen LogP contribution in [0, 0.1) is 5.82 Å². The first-order chi connectivity index (χ1) is 9.78. The van der Waals surface area contributed by atoms with E-state index in [1.807, 2.05) is 6.07 Å². The van der Waals surface area contributed by atoms with Gasteiger partial charge in [0.15, 0.2) is 0 Å². The van der Waals surface area contributed by atoms with Crippen molar-refractivity contribution in [3.8, 4) is 0 Å². The molecule has 1 aliphatic carbocycles. The van der Waals surface area contributed by atoms with Crippen molar-refractivity contribution in [3.05, 3.63) is 35.1 Å². The number of rotatable bonds is 5. The van der Waals surface area contributed by atoms with Gasteiger partial charge in [-0.15, -0.1) is 0 Å². The molecule has 1 saturated heterocycles. The van der Waals surface area contributed by atoms with Gasteiger partial charge in [0, 0.05) is 25.2 Å². The van der Waals surface area contributed by atoms with E-state index in [9.17, 15) is 9.50 Å². The lowest BCUT2D eigenvalue weighted by Crippen LogP contribution is -2.40. The molecule has 2 aliphatic rings. The van der Waals surface area contributed by atoms with Crippen molar-refractivity contribution in [1.29, 1.82) is 0 Å². The van der Waals surface area contributed by atoms with Gasteiger partial charge < -0.3 is 10.4 Å². The molecule has 1 aromatic rings. The van der Waals surface area contributed by atoms with Gasteiger partial charge in [0.05, 0.1) is 6.61 Å². The zero-order chi connectivity index (χ0) is 13.9. The van der Waals surface area contributed by atoms with Crippen LogP contribution in [0.4, 0.5) is 4.39 Å². The van der Waals surface area contributed by atoms with Gasteiger partial charge in [0.1, 0.15) is 5.82 Å². The van der Waals surface area contributed by atoms with E-state index >= 15 is 0 Å². The van der Waals surface area contributed by atoms with Crippen molar-refractivity contribution in [2.75, 3.05) is 26.2 Å². The molecule has 3 rings (SSSR count). The highest BCUT2D eigenvalue weighted by molar-refractivity contribution is 5.35. The number of nitrogens with zero attached hydrogens (tertiary/aromatic N) is 1. The van der Waals surface area contributed by atoms with Gasteiger partial charge >= 0.3 is 0 Å². The molecule has 0 bridgehead atoms. The number of benzene rings is 1. The lowest BCUT2D eigenvalue weighted by Gasteiger charge is -2.31. The van der Waals surface area contributed by atoms with Gasteiger partial charge in [0.2, 0.25) is 0 Å². The second-order valence-electron chi connectivity index (χ2n) is 5.91. The normalized spacial score (nSPS) is 25.4. The van der Waals surface area contributed by atoms with E-state index in [0.717, 1.165) is 31.5 Å². The average molecular weight is 278 g/mol. The minimum Gasteiger partial charge on any atom is -0.395 e. The Labute approximate surface area is 119 Å². The van der Waals surface area contributed by atoms with Crippen molar-refractivity contribution in [2.45, 2.75) is 37.8 Å². The maximum absolute atomic E-state index is 13.3. The van der Waals surface area contributed by atoms with Crippen LogP contribution in [0.3, 0.4) is 0 Å². The van der Waals surface area contributed by atoms with Crippen molar-refractivity contribution in [3.63, 3.8) is 0 Å². The van der Waals surface area contributed by atoms with Crippen molar-refractivity contribution < 1.29 is 9.50 Å². The van der Waals surface area contributed by atoms with Gasteiger partial charge in [-0.05, 0) is 55.5 Å². The van der Waals surface area contributed by atoms with E-state index < -0.39 is 0 Å². The second kappa shape index (κ2) is 6.20. The Balaban J connectivity index is 1.75. The Morgan fingerprint density at radius 1 is 1.35 bits per heavy atom. The molecule has 1 heterocycles. The predicted octanol–water partition coefficient (Wildman–Crippen LogP) is 1.86. The molecule has 1 aromatic carbocycles. The van der Waals surface area contributed by atoms with Gasteiger partial charge in [-0.25, -0.2) is 4.39 Å². The minimum absolute atomic E-state index is 0.143.